The van der Waals surface area contributed by atoms with Gasteiger partial charge in [0.1, 0.15) is 6.04 Å². The fourth-order valence-electron chi connectivity index (χ4n) is 1.22. The Kier molecular flexibility index (Phi) is 4.64. The highest BCUT2D eigenvalue weighted by atomic mass is 32.1. The van der Waals surface area contributed by atoms with Gasteiger partial charge in [0.15, 0.2) is 5.78 Å². The Bertz CT molecular complexity index is 386. The molecule has 0 saturated carbocycles. The summed E-state index contributed by atoms with van der Waals surface area (Å²) in [4.78, 5) is 24.6. The van der Waals surface area contributed by atoms with E-state index in [0.29, 0.717) is 4.88 Å². The van der Waals surface area contributed by atoms with Gasteiger partial charge in [-0.25, -0.2) is 0 Å². The van der Waals surface area contributed by atoms with E-state index in [4.69, 9.17) is 10.5 Å². The summed E-state index contributed by atoms with van der Waals surface area (Å²) >= 11 is 1.41. The minimum atomic E-state index is -0.866. The van der Waals surface area contributed by atoms with Crippen LogP contribution in [-0.2, 0) is 9.53 Å². The van der Waals surface area contributed by atoms with Gasteiger partial charge in [0.2, 0.25) is 0 Å². The molecule has 5 heteroatoms. The van der Waals surface area contributed by atoms with Crippen molar-refractivity contribution in [1.82, 2.24) is 0 Å². The van der Waals surface area contributed by atoms with Gasteiger partial charge in [-0.05, 0) is 26.0 Å². The molecule has 4 nitrogen and oxygen atoms in total. The third-order valence-electron chi connectivity index (χ3n) is 2.01. The van der Waals surface area contributed by atoms with Crippen LogP contribution in [0.15, 0.2) is 12.1 Å². The molecule has 2 N–H and O–H groups in total. The highest BCUT2D eigenvalue weighted by Crippen LogP contribution is 2.17. The number of carbonyl (C=O) groups is 2. The average molecular weight is 241 g/mol. The van der Waals surface area contributed by atoms with Crippen molar-refractivity contribution < 1.29 is 14.3 Å². The Morgan fingerprint density at radius 1 is 1.50 bits per heavy atom. The number of thiophene rings is 1. The molecule has 16 heavy (non-hydrogen) atoms. The molecule has 1 aromatic rings. The van der Waals surface area contributed by atoms with Crippen molar-refractivity contribution in [1.29, 1.82) is 0 Å². The Balaban J connectivity index is 2.54. The van der Waals surface area contributed by atoms with Gasteiger partial charge in [-0.3, -0.25) is 9.59 Å². The molecule has 0 amide bonds. The Morgan fingerprint density at radius 2 is 2.19 bits per heavy atom. The molecule has 1 heterocycles. The van der Waals surface area contributed by atoms with Crippen LogP contribution in [0.25, 0.3) is 0 Å². The van der Waals surface area contributed by atoms with Crippen LogP contribution in [0.2, 0.25) is 0 Å². The number of esters is 1. The SMILES string of the molecule is CCOC(=O)C(N)CC(=O)c1ccc(C)s1. The van der Waals surface area contributed by atoms with Crippen molar-refractivity contribution in [2.24, 2.45) is 5.73 Å². The summed E-state index contributed by atoms with van der Waals surface area (Å²) in [6.07, 6.45) is -0.00120. The standard InChI is InChI=1S/C11H15NO3S/c1-3-15-11(14)8(12)6-9(13)10-5-4-7(2)16-10/h4-5,8H,3,6,12H2,1-2H3. The second kappa shape index (κ2) is 5.77. The Morgan fingerprint density at radius 3 is 2.69 bits per heavy atom. The molecule has 0 aromatic carbocycles. The van der Waals surface area contributed by atoms with Crippen LogP contribution in [-0.4, -0.2) is 24.4 Å². The van der Waals surface area contributed by atoms with Crippen molar-refractivity contribution in [3.63, 3.8) is 0 Å². The third kappa shape index (κ3) is 3.43. The summed E-state index contributed by atoms with van der Waals surface area (Å²) in [5.41, 5.74) is 5.56. The molecule has 1 rings (SSSR count). The highest BCUT2D eigenvalue weighted by Gasteiger charge is 2.20. The normalized spacial score (nSPS) is 12.2. The fraction of sp³-hybridized carbons (Fsp3) is 0.455. The zero-order valence-corrected chi connectivity index (χ0v) is 10.2. The van der Waals surface area contributed by atoms with Gasteiger partial charge in [0, 0.05) is 11.3 Å². The first kappa shape index (κ1) is 12.9. The van der Waals surface area contributed by atoms with Crippen LogP contribution in [0.3, 0.4) is 0 Å². The maximum absolute atomic E-state index is 11.7. The number of carbonyl (C=O) groups excluding carboxylic acids is 2. The number of ether oxygens (including phenoxy) is 1. The molecule has 1 aromatic heterocycles. The molecule has 0 aliphatic rings. The van der Waals surface area contributed by atoms with Crippen LogP contribution in [0, 0.1) is 6.92 Å². The minimum Gasteiger partial charge on any atom is -0.465 e. The molecule has 0 saturated heterocycles. The van der Waals surface area contributed by atoms with E-state index in [1.807, 2.05) is 13.0 Å². The van der Waals surface area contributed by atoms with Crippen LogP contribution < -0.4 is 5.73 Å². The van der Waals surface area contributed by atoms with E-state index in [1.165, 1.54) is 11.3 Å². The van der Waals surface area contributed by atoms with E-state index in [0.717, 1.165) is 4.88 Å². The van der Waals surface area contributed by atoms with Crippen molar-refractivity contribution in [3.8, 4) is 0 Å². The van der Waals surface area contributed by atoms with E-state index in [9.17, 15) is 9.59 Å². The van der Waals surface area contributed by atoms with Crippen LogP contribution >= 0.6 is 11.3 Å². The molecule has 1 atom stereocenters. The molecule has 0 spiro atoms. The van der Waals surface area contributed by atoms with E-state index >= 15 is 0 Å². The molecule has 0 fully saturated rings. The van der Waals surface area contributed by atoms with E-state index in [1.54, 1.807) is 13.0 Å². The minimum absolute atomic E-state index is 0.00120. The van der Waals surface area contributed by atoms with Crippen molar-refractivity contribution >= 4 is 23.1 Å². The molecule has 88 valence electrons. The Hall–Kier alpha value is -1.20. The number of hydrogen-bond donors (Lipinski definition) is 1. The van der Waals surface area contributed by atoms with Gasteiger partial charge in [-0.1, -0.05) is 0 Å². The zero-order chi connectivity index (χ0) is 12.1. The van der Waals surface area contributed by atoms with Gasteiger partial charge in [0.25, 0.3) is 0 Å². The molecule has 0 aliphatic heterocycles. The first-order chi connectivity index (χ1) is 7.54. The summed E-state index contributed by atoms with van der Waals surface area (Å²) < 4.78 is 4.73. The highest BCUT2D eigenvalue weighted by molar-refractivity contribution is 7.14. The van der Waals surface area contributed by atoms with Crippen LogP contribution in [0.4, 0.5) is 0 Å². The number of aryl methyl sites for hydroxylation is 1. The predicted molar refractivity (Wildman–Crippen MR) is 62.6 cm³/mol. The van der Waals surface area contributed by atoms with Gasteiger partial charge in [0.05, 0.1) is 11.5 Å². The van der Waals surface area contributed by atoms with Crippen LogP contribution in [0.5, 0.6) is 0 Å². The Labute approximate surface area is 98.4 Å². The molecular formula is C11H15NO3S. The number of hydrogen-bond acceptors (Lipinski definition) is 5. The smallest absolute Gasteiger partial charge is 0.323 e. The number of rotatable bonds is 5. The lowest BCUT2D eigenvalue weighted by molar-refractivity contribution is -0.144. The monoisotopic (exact) mass is 241 g/mol. The van der Waals surface area contributed by atoms with Crippen LogP contribution in [0.1, 0.15) is 27.9 Å². The maximum atomic E-state index is 11.7. The number of ketones is 1. The number of Topliss-reactive ketones (excluding diaryl/α,β-unsaturated/α-hetero) is 1. The molecule has 0 radical (unpaired) electrons. The second-order valence-corrected chi connectivity index (χ2v) is 4.68. The molecule has 1 unspecified atom stereocenters. The van der Waals surface area contributed by atoms with Gasteiger partial charge in [-0.15, -0.1) is 11.3 Å². The lowest BCUT2D eigenvalue weighted by atomic mass is 10.1. The van der Waals surface area contributed by atoms with Crippen molar-refractivity contribution in [2.45, 2.75) is 26.3 Å². The molecular weight excluding hydrogens is 226 g/mol. The van der Waals surface area contributed by atoms with Gasteiger partial charge in [-0.2, -0.15) is 0 Å². The lowest BCUT2D eigenvalue weighted by Gasteiger charge is -2.08. The summed E-state index contributed by atoms with van der Waals surface area (Å²) in [5, 5.41) is 0. The first-order valence-corrected chi connectivity index (χ1v) is 5.88. The first-order valence-electron chi connectivity index (χ1n) is 5.06. The quantitative estimate of drug-likeness (QED) is 0.627. The van der Waals surface area contributed by atoms with E-state index in [2.05, 4.69) is 0 Å². The summed E-state index contributed by atoms with van der Waals surface area (Å²) in [7, 11) is 0. The maximum Gasteiger partial charge on any atom is 0.323 e. The van der Waals surface area contributed by atoms with Gasteiger partial charge >= 0.3 is 5.97 Å². The summed E-state index contributed by atoms with van der Waals surface area (Å²) in [6.45, 7) is 3.90. The van der Waals surface area contributed by atoms with E-state index in [-0.39, 0.29) is 18.8 Å². The zero-order valence-electron chi connectivity index (χ0n) is 9.36. The largest absolute Gasteiger partial charge is 0.465 e. The summed E-state index contributed by atoms with van der Waals surface area (Å²) in [6, 6.07) is 2.75. The lowest BCUT2D eigenvalue weighted by Crippen LogP contribution is -2.34. The third-order valence-corrected chi connectivity index (χ3v) is 3.05. The predicted octanol–water partition coefficient (Wildman–Crippen LogP) is 1.52. The fourth-order valence-corrected chi connectivity index (χ4v) is 2.03. The molecule has 0 bridgehead atoms. The summed E-state index contributed by atoms with van der Waals surface area (Å²) in [5.74, 6) is -0.636. The van der Waals surface area contributed by atoms with Gasteiger partial charge < -0.3 is 10.5 Å². The molecule has 0 aliphatic carbocycles. The number of nitrogens with two attached hydrogens (primary N) is 1. The second-order valence-electron chi connectivity index (χ2n) is 3.40. The van der Waals surface area contributed by atoms with E-state index < -0.39 is 12.0 Å². The topological polar surface area (TPSA) is 69.4 Å². The average Bonchev–Trinajstić information content (AvgIpc) is 2.65. The van der Waals surface area contributed by atoms with Crippen molar-refractivity contribution in [3.05, 3.63) is 21.9 Å². The van der Waals surface area contributed by atoms with Crippen molar-refractivity contribution in [2.75, 3.05) is 6.61 Å².